The van der Waals surface area contributed by atoms with Gasteiger partial charge in [-0.25, -0.2) is 9.37 Å². The van der Waals surface area contributed by atoms with Gasteiger partial charge in [-0.3, -0.25) is 5.10 Å². The molecule has 3 heterocycles. The van der Waals surface area contributed by atoms with Crippen molar-refractivity contribution >= 4 is 28.5 Å². The highest BCUT2D eigenvalue weighted by Crippen LogP contribution is 2.54. The van der Waals surface area contributed by atoms with Crippen molar-refractivity contribution in [3.8, 4) is 0 Å². The second kappa shape index (κ2) is 8.05. The Morgan fingerprint density at radius 3 is 2.88 bits per heavy atom. The van der Waals surface area contributed by atoms with E-state index in [9.17, 15) is 4.39 Å². The predicted octanol–water partition coefficient (Wildman–Crippen LogP) is 5.45. The fourth-order valence-electron chi connectivity index (χ4n) is 4.37. The van der Waals surface area contributed by atoms with Gasteiger partial charge in [-0.1, -0.05) is 30.3 Å². The molecule has 0 unspecified atom stereocenters. The minimum atomic E-state index is -0.142. The number of H-pyrrole nitrogens is 2. The van der Waals surface area contributed by atoms with Gasteiger partial charge in [-0.05, 0) is 47.7 Å². The first-order valence-electron chi connectivity index (χ1n) is 10.9. The van der Waals surface area contributed by atoms with E-state index in [1.54, 1.807) is 18.3 Å². The highest BCUT2D eigenvalue weighted by Gasteiger charge is 2.42. The maximum atomic E-state index is 14.1. The van der Waals surface area contributed by atoms with Gasteiger partial charge in [-0.15, -0.1) is 0 Å². The fraction of sp³-hybridized carbons (Fsp3) is 0.160. The molecule has 1 fully saturated rings. The first-order valence-corrected chi connectivity index (χ1v) is 10.9. The molecule has 2 atom stereocenters. The first-order chi connectivity index (χ1) is 16.2. The van der Waals surface area contributed by atoms with E-state index in [4.69, 9.17) is 0 Å². The monoisotopic (exact) mass is 439 g/mol. The van der Waals surface area contributed by atoms with Gasteiger partial charge >= 0.3 is 0 Å². The number of aromatic amines is 2. The van der Waals surface area contributed by atoms with Crippen molar-refractivity contribution in [2.75, 3.05) is 10.6 Å². The van der Waals surface area contributed by atoms with E-state index in [0.717, 1.165) is 23.2 Å². The normalized spacial score (nSPS) is 17.2. The number of anilines is 3. The topological polar surface area (TPSA) is 94.3 Å². The van der Waals surface area contributed by atoms with Crippen LogP contribution in [0.4, 0.5) is 22.0 Å². The van der Waals surface area contributed by atoms with Crippen LogP contribution in [0.1, 0.15) is 35.1 Å². The van der Waals surface area contributed by atoms with Gasteiger partial charge in [0, 0.05) is 47.5 Å². The van der Waals surface area contributed by atoms with E-state index < -0.39 is 0 Å². The van der Waals surface area contributed by atoms with Crippen LogP contribution < -0.4 is 10.6 Å². The molecule has 164 valence electrons. The van der Waals surface area contributed by atoms with Crippen molar-refractivity contribution in [2.45, 2.75) is 24.8 Å². The lowest BCUT2D eigenvalue weighted by molar-refractivity contribution is 0.609. The molecule has 1 saturated carbocycles. The number of nitrogens with zero attached hydrogens (tertiary/aromatic N) is 3. The quantitative estimate of drug-likeness (QED) is 0.271. The maximum Gasteiger partial charge on any atom is 0.224 e. The molecule has 4 N–H and O–H groups in total. The average Bonchev–Trinajstić information content (AvgIpc) is 3.23. The molecular formula is C25H22FN7. The molecule has 0 radical (unpaired) electrons. The van der Waals surface area contributed by atoms with Gasteiger partial charge in [0.25, 0.3) is 0 Å². The van der Waals surface area contributed by atoms with Crippen LogP contribution in [0, 0.1) is 5.82 Å². The molecule has 33 heavy (non-hydrogen) atoms. The molecule has 7 nitrogen and oxygen atoms in total. The molecular weight excluding hydrogens is 417 g/mol. The van der Waals surface area contributed by atoms with Gasteiger partial charge in [-0.2, -0.15) is 10.1 Å². The fourth-order valence-corrected chi connectivity index (χ4v) is 4.37. The Kier molecular flexibility index (Phi) is 4.75. The molecule has 0 saturated heterocycles. The third-order valence-corrected chi connectivity index (χ3v) is 6.13. The Labute approximate surface area is 189 Å². The Balaban J connectivity index is 1.11. The van der Waals surface area contributed by atoms with E-state index in [0.29, 0.717) is 24.1 Å². The molecule has 0 spiro atoms. The molecule has 8 heteroatoms. The van der Waals surface area contributed by atoms with Crippen molar-refractivity contribution in [3.63, 3.8) is 0 Å². The maximum absolute atomic E-state index is 14.1. The van der Waals surface area contributed by atoms with Crippen molar-refractivity contribution in [1.29, 1.82) is 0 Å². The number of benzene rings is 2. The van der Waals surface area contributed by atoms with Crippen LogP contribution in [0.25, 0.3) is 10.9 Å². The number of halogens is 1. The lowest BCUT2D eigenvalue weighted by atomic mass is 10.1. The van der Waals surface area contributed by atoms with Gasteiger partial charge in [0.15, 0.2) is 5.82 Å². The number of hydrogen-bond donors (Lipinski definition) is 4. The number of rotatable bonds is 7. The van der Waals surface area contributed by atoms with Crippen LogP contribution in [-0.2, 0) is 6.54 Å². The van der Waals surface area contributed by atoms with E-state index in [1.165, 1.54) is 17.0 Å². The zero-order chi connectivity index (χ0) is 22.2. The van der Waals surface area contributed by atoms with Crippen molar-refractivity contribution in [3.05, 3.63) is 95.7 Å². The number of aromatic nitrogens is 5. The molecule has 1 aliphatic carbocycles. The molecule has 5 aromatic rings. The summed E-state index contributed by atoms with van der Waals surface area (Å²) in [5, 5.41) is 15.1. The number of fused-ring (bicyclic) bond motifs is 1. The second-order valence-electron chi connectivity index (χ2n) is 8.28. The summed E-state index contributed by atoms with van der Waals surface area (Å²) < 4.78 is 14.1. The van der Waals surface area contributed by atoms with E-state index >= 15 is 0 Å². The summed E-state index contributed by atoms with van der Waals surface area (Å²) in [6.07, 6.45) is 4.56. The van der Waals surface area contributed by atoms with Crippen LogP contribution in [0.5, 0.6) is 0 Å². The predicted molar refractivity (Wildman–Crippen MR) is 126 cm³/mol. The summed E-state index contributed by atoms with van der Waals surface area (Å²) in [4.78, 5) is 12.1. The molecule has 0 aliphatic heterocycles. The number of nitrogens with one attached hydrogen (secondary N) is 4. The standard InChI is InChI=1S/C25H22FN7/c26-20-6-2-1-5-17(20)18-12-19(18)22-13-24(33-32-22)30-23-9-11-28-25(31-23)29-14-15-4-3-7-21-16(15)8-10-27-21/h1-11,13,18-19,27H,12,14H2,(H3,28,29,30,31,32,33)/t18-,19+/m0/s1. The lowest BCUT2D eigenvalue weighted by Gasteiger charge is -2.08. The summed E-state index contributed by atoms with van der Waals surface area (Å²) >= 11 is 0. The minimum absolute atomic E-state index is 0.142. The zero-order valence-electron chi connectivity index (χ0n) is 17.7. The summed E-state index contributed by atoms with van der Waals surface area (Å²) in [5.74, 6) is 2.15. The Morgan fingerprint density at radius 2 is 1.94 bits per heavy atom. The highest BCUT2D eigenvalue weighted by atomic mass is 19.1. The summed E-state index contributed by atoms with van der Waals surface area (Å²) in [6.45, 7) is 0.615. The first kappa shape index (κ1) is 19.5. The van der Waals surface area contributed by atoms with Crippen molar-refractivity contribution in [2.24, 2.45) is 0 Å². The lowest BCUT2D eigenvalue weighted by Crippen LogP contribution is -2.05. The Bertz CT molecular complexity index is 1420. The zero-order valence-corrected chi connectivity index (χ0v) is 17.7. The Hall–Kier alpha value is -4.20. The third-order valence-electron chi connectivity index (χ3n) is 6.13. The second-order valence-corrected chi connectivity index (χ2v) is 8.28. The van der Waals surface area contributed by atoms with Gasteiger partial charge in [0.2, 0.25) is 5.95 Å². The molecule has 1 aliphatic rings. The van der Waals surface area contributed by atoms with Crippen LogP contribution >= 0.6 is 0 Å². The molecule has 0 bridgehead atoms. The van der Waals surface area contributed by atoms with Crippen molar-refractivity contribution < 1.29 is 4.39 Å². The Morgan fingerprint density at radius 1 is 1.00 bits per heavy atom. The van der Waals surface area contributed by atoms with E-state index in [1.807, 2.05) is 30.5 Å². The van der Waals surface area contributed by atoms with Crippen LogP contribution in [0.15, 0.2) is 73.1 Å². The highest BCUT2D eigenvalue weighted by molar-refractivity contribution is 5.83. The molecule has 3 aromatic heterocycles. The van der Waals surface area contributed by atoms with Gasteiger partial charge < -0.3 is 15.6 Å². The summed E-state index contributed by atoms with van der Waals surface area (Å²) in [6, 6.07) is 19.0. The SMILES string of the molecule is Fc1ccccc1[C@@H]1C[C@H]1c1cc(Nc2ccnc(NCc3cccc4[nH]ccc34)n2)n[nH]1. The minimum Gasteiger partial charge on any atom is -0.361 e. The van der Waals surface area contributed by atoms with Gasteiger partial charge in [0.1, 0.15) is 11.6 Å². The molecule has 2 aromatic carbocycles. The van der Waals surface area contributed by atoms with Crippen LogP contribution in [0.3, 0.4) is 0 Å². The number of hydrogen-bond acceptors (Lipinski definition) is 5. The average molecular weight is 439 g/mol. The molecule has 0 amide bonds. The summed E-state index contributed by atoms with van der Waals surface area (Å²) in [7, 11) is 0. The van der Waals surface area contributed by atoms with Gasteiger partial charge in [0.05, 0.1) is 0 Å². The smallest absolute Gasteiger partial charge is 0.224 e. The molecule has 6 rings (SSSR count). The van der Waals surface area contributed by atoms with E-state index in [2.05, 4.69) is 54.0 Å². The van der Waals surface area contributed by atoms with E-state index in [-0.39, 0.29) is 17.7 Å². The van der Waals surface area contributed by atoms with Crippen molar-refractivity contribution in [1.82, 2.24) is 25.1 Å². The third kappa shape index (κ3) is 3.91. The van der Waals surface area contributed by atoms with Crippen LogP contribution in [0.2, 0.25) is 0 Å². The largest absolute Gasteiger partial charge is 0.361 e. The van der Waals surface area contributed by atoms with Crippen LogP contribution in [-0.4, -0.2) is 25.1 Å². The summed E-state index contributed by atoms with van der Waals surface area (Å²) in [5.41, 5.74) is 4.04.